The van der Waals surface area contributed by atoms with E-state index in [0.29, 0.717) is 10.3 Å². The second-order valence-corrected chi connectivity index (χ2v) is 4.22. The molecule has 0 fully saturated rings. The van der Waals surface area contributed by atoms with Gasteiger partial charge < -0.3 is 0 Å². The summed E-state index contributed by atoms with van der Waals surface area (Å²) in [4.78, 5) is 18.0. The molecule has 0 bridgehead atoms. The monoisotopic (exact) mass is 335 g/mol. The van der Waals surface area contributed by atoms with Crippen LogP contribution < -0.4 is 5.69 Å². The molecular weight excluding hydrogens is 326 g/mol. The third-order valence-electron chi connectivity index (χ3n) is 1.80. The predicted molar refractivity (Wildman–Crippen MR) is 68.1 cm³/mol. The molecule has 0 radical (unpaired) electrons. The molecular formula is C9H11Br2N3O. The third kappa shape index (κ3) is 2.31. The maximum Gasteiger partial charge on any atom is 0.327 e. The Balaban J connectivity index is 0.000000531. The Morgan fingerprint density at radius 3 is 2.60 bits per heavy atom. The number of halogens is 2. The van der Waals surface area contributed by atoms with E-state index in [2.05, 4.69) is 41.8 Å². The number of nitrogens with one attached hydrogen (secondary N) is 1. The zero-order valence-corrected chi connectivity index (χ0v) is 11.8. The minimum atomic E-state index is -0.160. The van der Waals surface area contributed by atoms with E-state index in [0.717, 1.165) is 9.99 Å². The van der Waals surface area contributed by atoms with Crippen LogP contribution in [0, 0.1) is 0 Å². The largest absolute Gasteiger partial charge is 0.327 e. The number of rotatable bonds is 0. The summed E-state index contributed by atoms with van der Waals surface area (Å²) >= 11 is 6.58. The number of H-pyrrole nitrogens is 1. The molecule has 4 nitrogen and oxygen atoms in total. The summed E-state index contributed by atoms with van der Waals surface area (Å²) in [5.41, 5.74) is 1.20. The fraction of sp³-hybridized carbons (Fsp3) is 0.333. The zero-order valence-electron chi connectivity index (χ0n) is 8.64. The van der Waals surface area contributed by atoms with Gasteiger partial charge in [0.15, 0.2) is 5.65 Å². The van der Waals surface area contributed by atoms with Gasteiger partial charge >= 0.3 is 5.69 Å². The molecule has 2 aromatic rings. The van der Waals surface area contributed by atoms with Gasteiger partial charge in [-0.25, -0.2) is 9.78 Å². The van der Waals surface area contributed by atoms with Gasteiger partial charge in [0.2, 0.25) is 0 Å². The molecule has 15 heavy (non-hydrogen) atoms. The third-order valence-corrected chi connectivity index (χ3v) is 3.55. The summed E-state index contributed by atoms with van der Waals surface area (Å²) in [6.45, 7) is 4.00. The van der Waals surface area contributed by atoms with Crippen LogP contribution in [0.2, 0.25) is 0 Å². The number of fused-ring (bicyclic) bond motifs is 1. The molecule has 0 atom stereocenters. The summed E-state index contributed by atoms with van der Waals surface area (Å²) in [6, 6.07) is 1.84. The van der Waals surface area contributed by atoms with Crippen molar-refractivity contribution in [1.82, 2.24) is 14.5 Å². The number of hydrogen-bond donors (Lipinski definition) is 1. The van der Waals surface area contributed by atoms with Crippen molar-refractivity contribution in [2.24, 2.45) is 7.05 Å². The number of imidazole rings is 1. The zero-order chi connectivity index (χ0) is 11.6. The molecule has 0 aliphatic rings. The average molecular weight is 337 g/mol. The lowest BCUT2D eigenvalue weighted by atomic mass is 10.4. The second kappa shape index (κ2) is 4.94. The molecule has 0 aromatic carbocycles. The molecule has 0 unspecified atom stereocenters. The number of aryl methyl sites for hydroxylation is 1. The van der Waals surface area contributed by atoms with Crippen molar-refractivity contribution < 1.29 is 0 Å². The first-order valence-electron chi connectivity index (χ1n) is 4.50. The van der Waals surface area contributed by atoms with E-state index in [1.807, 2.05) is 19.9 Å². The lowest BCUT2D eigenvalue weighted by Gasteiger charge is -1.96. The van der Waals surface area contributed by atoms with Crippen LogP contribution in [0.1, 0.15) is 13.8 Å². The van der Waals surface area contributed by atoms with Crippen molar-refractivity contribution >= 4 is 43.0 Å². The van der Waals surface area contributed by atoms with Crippen LogP contribution in [-0.2, 0) is 7.05 Å². The van der Waals surface area contributed by atoms with Crippen LogP contribution in [0.15, 0.2) is 19.9 Å². The predicted octanol–water partition coefficient (Wildman–Crippen LogP) is 2.81. The Morgan fingerprint density at radius 1 is 1.40 bits per heavy atom. The van der Waals surface area contributed by atoms with Crippen molar-refractivity contribution in [3.8, 4) is 0 Å². The van der Waals surface area contributed by atoms with E-state index in [1.54, 1.807) is 7.05 Å². The molecule has 0 aliphatic heterocycles. The number of aromatic nitrogens is 3. The summed E-state index contributed by atoms with van der Waals surface area (Å²) in [6.07, 6.45) is 0. The molecule has 0 saturated carbocycles. The van der Waals surface area contributed by atoms with Crippen molar-refractivity contribution in [2.75, 3.05) is 0 Å². The molecule has 0 aliphatic carbocycles. The molecule has 0 saturated heterocycles. The Kier molecular flexibility index (Phi) is 4.10. The average Bonchev–Trinajstić information content (AvgIpc) is 2.49. The highest BCUT2D eigenvalue weighted by Crippen LogP contribution is 2.23. The fourth-order valence-corrected chi connectivity index (χ4v) is 1.70. The molecule has 2 rings (SSSR count). The Morgan fingerprint density at radius 2 is 2.00 bits per heavy atom. The van der Waals surface area contributed by atoms with Gasteiger partial charge in [-0.1, -0.05) is 13.8 Å². The molecule has 1 N–H and O–H groups in total. The van der Waals surface area contributed by atoms with E-state index >= 15 is 0 Å². The Hall–Kier alpha value is -0.620. The minimum absolute atomic E-state index is 0.160. The topological polar surface area (TPSA) is 50.7 Å². The van der Waals surface area contributed by atoms with E-state index in [1.165, 1.54) is 4.57 Å². The van der Waals surface area contributed by atoms with Crippen LogP contribution in [0.3, 0.4) is 0 Å². The van der Waals surface area contributed by atoms with E-state index in [4.69, 9.17) is 0 Å². The maximum absolute atomic E-state index is 11.2. The second-order valence-electron chi connectivity index (χ2n) is 2.62. The minimum Gasteiger partial charge on any atom is -0.294 e. The summed E-state index contributed by atoms with van der Waals surface area (Å²) in [5.74, 6) is 0. The van der Waals surface area contributed by atoms with E-state index in [9.17, 15) is 4.79 Å². The van der Waals surface area contributed by atoms with Crippen LogP contribution >= 0.6 is 31.9 Å². The van der Waals surface area contributed by atoms with Gasteiger partial charge in [-0.15, -0.1) is 0 Å². The van der Waals surface area contributed by atoms with Gasteiger partial charge in [-0.3, -0.25) is 9.55 Å². The maximum atomic E-state index is 11.2. The van der Waals surface area contributed by atoms with Crippen LogP contribution in [-0.4, -0.2) is 14.5 Å². The SMILES string of the molecule is CC.Cn1c(=O)[nH]c2nc(Br)c(Br)cc21. The van der Waals surface area contributed by atoms with Gasteiger partial charge in [0.25, 0.3) is 0 Å². The molecule has 2 aromatic heterocycles. The standard InChI is InChI=1S/C7H5Br2N3O.C2H6/c1-12-4-2-3(8)5(9)10-6(4)11-7(12)13;1-2/h2H,1H3,(H,10,11,13);1-2H3. The quantitative estimate of drug-likeness (QED) is 0.752. The van der Waals surface area contributed by atoms with E-state index in [-0.39, 0.29) is 5.69 Å². The van der Waals surface area contributed by atoms with E-state index < -0.39 is 0 Å². The number of aromatic amines is 1. The van der Waals surface area contributed by atoms with Crippen molar-refractivity contribution in [3.63, 3.8) is 0 Å². The fourth-order valence-electron chi connectivity index (χ4n) is 1.10. The lowest BCUT2D eigenvalue weighted by molar-refractivity contribution is 0.891. The molecule has 2 heterocycles. The summed E-state index contributed by atoms with van der Waals surface area (Å²) in [5, 5.41) is 0. The number of nitrogens with zero attached hydrogens (tertiary/aromatic N) is 2. The first-order chi connectivity index (χ1) is 7.09. The number of hydrogen-bond acceptors (Lipinski definition) is 2. The van der Waals surface area contributed by atoms with Crippen LogP contribution in [0.25, 0.3) is 11.2 Å². The molecule has 0 amide bonds. The lowest BCUT2D eigenvalue weighted by Crippen LogP contribution is -2.11. The first kappa shape index (κ1) is 12.4. The normalized spacial score (nSPS) is 9.93. The van der Waals surface area contributed by atoms with Crippen molar-refractivity contribution in [1.29, 1.82) is 0 Å². The molecule has 82 valence electrons. The van der Waals surface area contributed by atoms with Crippen molar-refractivity contribution in [3.05, 3.63) is 25.6 Å². The van der Waals surface area contributed by atoms with Crippen LogP contribution in [0.5, 0.6) is 0 Å². The highest BCUT2D eigenvalue weighted by Gasteiger charge is 2.07. The van der Waals surface area contributed by atoms with Crippen molar-refractivity contribution in [2.45, 2.75) is 13.8 Å². The van der Waals surface area contributed by atoms with Gasteiger partial charge in [-0.2, -0.15) is 0 Å². The molecule has 0 spiro atoms. The van der Waals surface area contributed by atoms with Crippen LogP contribution in [0.4, 0.5) is 0 Å². The molecule has 6 heteroatoms. The smallest absolute Gasteiger partial charge is 0.294 e. The summed E-state index contributed by atoms with van der Waals surface area (Å²) < 4.78 is 3.02. The Bertz CT molecular complexity index is 530. The summed E-state index contributed by atoms with van der Waals surface area (Å²) in [7, 11) is 1.70. The highest BCUT2D eigenvalue weighted by atomic mass is 79.9. The van der Waals surface area contributed by atoms with Gasteiger partial charge in [-0.05, 0) is 37.9 Å². The Labute approximate surface area is 104 Å². The van der Waals surface area contributed by atoms with Gasteiger partial charge in [0.1, 0.15) is 4.60 Å². The highest BCUT2D eigenvalue weighted by molar-refractivity contribution is 9.13. The van der Waals surface area contributed by atoms with Gasteiger partial charge in [0, 0.05) is 7.05 Å². The van der Waals surface area contributed by atoms with Gasteiger partial charge in [0.05, 0.1) is 9.99 Å². The first-order valence-corrected chi connectivity index (χ1v) is 6.09. The number of pyridine rings is 1.